The highest BCUT2D eigenvalue weighted by Crippen LogP contribution is 2.39. The van der Waals surface area contributed by atoms with Gasteiger partial charge < -0.3 is 38.6 Å². The summed E-state index contributed by atoms with van der Waals surface area (Å²) in [6.07, 6.45) is 3.73. The minimum Gasteiger partial charge on any atom is -0.399 e. The highest BCUT2D eigenvalue weighted by Gasteiger charge is 2.29. The second kappa shape index (κ2) is 29.1. The van der Waals surface area contributed by atoms with E-state index in [4.69, 9.17) is 28.7 Å². The summed E-state index contributed by atoms with van der Waals surface area (Å²) in [5.74, 6) is 3.10. The van der Waals surface area contributed by atoms with Crippen LogP contribution < -0.4 is 28.7 Å². The van der Waals surface area contributed by atoms with E-state index in [0.717, 1.165) is 43.5 Å². The molecule has 0 aliphatic heterocycles. The third-order valence-corrected chi connectivity index (χ3v) is 16.0. The Hall–Kier alpha value is -7.66. The molecule has 0 unspecified atom stereocenters. The zero-order valence-corrected chi connectivity index (χ0v) is 59.6. The normalized spacial score (nSPS) is 11.8. The molecule has 8 rings (SSSR count). The fourth-order valence-electron chi connectivity index (χ4n) is 8.63. The van der Waals surface area contributed by atoms with Crippen LogP contribution >= 0.6 is 31.9 Å². The van der Waals surface area contributed by atoms with Crippen LogP contribution in [0.5, 0.6) is 0 Å². The smallest absolute Gasteiger partial charge is 0.275 e. The van der Waals surface area contributed by atoms with Crippen molar-refractivity contribution in [1.82, 2.24) is 9.97 Å². The summed E-state index contributed by atoms with van der Waals surface area (Å²) in [5, 5.41) is 35.3. The number of benzene rings is 6. The molecule has 0 atom stereocenters. The van der Waals surface area contributed by atoms with Crippen molar-refractivity contribution in [1.29, 1.82) is 0 Å². The zero-order chi connectivity index (χ0) is 67.6. The first-order valence-electron chi connectivity index (χ1n) is 28.8. The fraction of sp³-hybridized carbons (Fsp3) is 0.391. The number of halogens is 2. The van der Waals surface area contributed by atoms with Crippen LogP contribution in [-0.2, 0) is 32.5 Å². The van der Waals surface area contributed by atoms with Gasteiger partial charge in [-0.15, -0.1) is 5.54 Å². The van der Waals surface area contributed by atoms with Crippen molar-refractivity contribution in [2.45, 2.75) is 177 Å². The van der Waals surface area contributed by atoms with Gasteiger partial charge in [0, 0.05) is 89.8 Å². The van der Waals surface area contributed by atoms with E-state index in [1.165, 1.54) is 34.2 Å². The van der Waals surface area contributed by atoms with Crippen LogP contribution in [0.4, 0.5) is 45.5 Å². The number of aromatic amines is 2. The molecule has 2 aromatic heterocycles. The number of rotatable bonds is 3. The summed E-state index contributed by atoms with van der Waals surface area (Å²) >= 11 is 6.69. The molecule has 12 N–H and O–H groups in total. The van der Waals surface area contributed by atoms with Crippen LogP contribution in [0.2, 0.25) is 19.6 Å². The number of nitro benzene ring substituents is 3. The lowest BCUT2D eigenvalue weighted by atomic mass is 9.84. The molecule has 0 amide bonds. The standard InChI is InChI=1S/C15H22N2O2Si.C12H14N2O2.C12H16N2.C10H13BrN2O2.C10H14BrN.C10H15N/c1-15(2,3)12-9-11(7-8-20(4,5)6)13(16)10-14(12)17(18)19;1-12(2,3)9-6-8-4-5-13-10(8)7-11(9)14(15)16;1-12(2,3)9-6-8-4-5-14-11(8)7-10(9)13;1-10(2,3)6-4-7(11)8(12)5-9(6)13(14)15;1-10(2,3)7-4-5-9(12)8(11)6-7;1-10(2,3)8-4-6-9(11)7-5-8/h9-10H,16H2,1-6H3;4-7,13H,1-3H3;4-7,14H,13H2,1-3H3;4-5H,12H2,1-3H3;4-6H,12H2,1-3H3;4-7H,11H2,1-3H3. The molecular formula is C69H94Br2N10O6Si. The highest BCUT2D eigenvalue weighted by molar-refractivity contribution is 9.11. The van der Waals surface area contributed by atoms with Crippen LogP contribution in [0.25, 0.3) is 21.8 Å². The van der Waals surface area contributed by atoms with Gasteiger partial charge in [-0.3, -0.25) is 30.3 Å². The van der Waals surface area contributed by atoms with E-state index in [1.54, 1.807) is 24.4 Å². The molecule has 0 aliphatic carbocycles. The second-order valence-electron chi connectivity index (χ2n) is 28.9. The predicted octanol–water partition coefficient (Wildman–Crippen LogP) is 19.3. The number of H-pyrrole nitrogens is 2. The van der Waals surface area contributed by atoms with Gasteiger partial charge in [-0.2, -0.15) is 0 Å². The van der Waals surface area contributed by atoms with Crippen molar-refractivity contribution in [3.05, 3.63) is 194 Å². The Morgan fingerprint density at radius 2 is 0.784 bits per heavy atom. The highest BCUT2D eigenvalue weighted by atomic mass is 79.9. The molecule has 0 spiro atoms. The van der Waals surface area contributed by atoms with Crippen molar-refractivity contribution in [3.8, 4) is 11.5 Å². The van der Waals surface area contributed by atoms with Crippen LogP contribution in [0, 0.1) is 41.8 Å². The van der Waals surface area contributed by atoms with Gasteiger partial charge in [-0.1, -0.05) is 168 Å². The maximum atomic E-state index is 11.2. The van der Waals surface area contributed by atoms with E-state index in [1.807, 2.05) is 105 Å². The molecule has 16 nitrogen and oxygen atoms in total. The Morgan fingerprint density at radius 1 is 0.409 bits per heavy atom. The number of nitrogens with zero attached hydrogens (tertiary/aromatic N) is 3. The van der Waals surface area contributed by atoms with Crippen LogP contribution in [0.1, 0.15) is 164 Å². The Morgan fingerprint density at radius 3 is 1.19 bits per heavy atom. The maximum absolute atomic E-state index is 11.2. The number of nitro groups is 3. The summed E-state index contributed by atoms with van der Waals surface area (Å²) < 4.78 is 1.67. The number of fused-ring (bicyclic) bond motifs is 2. The number of aromatic nitrogens is 2. The molecule has 2 heterocycles. The number of nitrogens with one attached hydrogen (secondary N) is 2. The summed E-state index contributed by atoms with van der Waals surface area (Å²) in [5.41, 5.74) is 43.8. The quantitative estimate of drug-likeness (QED) is 0.0287. The van der Waals surface area contributed by atoms with Gasteiger partial charge in [0.05, 0.1) is 31.7 Å². The molecule has 19 heteroatoms. The minimum absolute atomic E-state index is 0.0635. The summed E-state index contributed by atoms with van der Waals surface area (Å²) in [6.45, 7) is 43.7. The predicted molar refractivity (Wildman–Crippen MR) is 382 cm³/mol. The topological polar surface area (TPSA) is 291 Å². The summed E-state index contributed by atoms with van der Waals surface area (Å²) in [7, 11) is -1.51. The van der Waals surface area contributed by atoms with Crippen molar-refractivity contribution in [2.75, 3.05) is 28.7 Å². The van der Waals surface area contributed by atoms with Crippen molar-refractivity contribution in [2.24, 2.45) is 0 Å². The molecule has 0 fully saturated rings. The first-order valence-corrected chi connectivity index (χ1v) is 33.9. The van der Waals surface area contributed by atoms with Crippen LogP contribution in [-0.4, -0.2) is 32.8 Å². The van der Waals surface area contributed by atoms with E-state index in [0.29, 0.717) is 32.5 Å². The van der Waals surface area contributed by atoms with Crippen molar-refractivity contribution >= 4 is 107 Å². The zero-order valence-electron chi connectivity index (χ0n) is 55.4. The molecule has 6 aromatic carbocycles. The molecular weight excluding hydrogens is 1250 g/mol. The summed E-state index contributed by atoms with van der Waals surface area (Å²) in [6, 6.07) is 32.1. The third-order valence-electron chi connectivity index (χ3n) is 13.7. The van der Waals surface area contributed by atoms with E-state index in [-0.39, 0.29) is 59.4 Å². The van der Waals surface area contributed by atoms with Gasteiger partial charge in [0.25, 0.3) is 17.1 Å². The Labute approximate surface area is 539 Å². The SMILES string of the molecule is CC(C)(C)c1cc(Br)c(N)cc1[N+](=O)[O-].CC(C)(C)c1cc(C#C[Si](C)(C)C)c(N)cc1[N+](=O)[O-].CC(C)(C)c1cc2cc[nH]c2cc1N.CC(C)(C)c1cc2cc[nH]c2cc1[N+](=O)[O-].CC(C)(C)c1ccc(N)c(Br)c1.CC(C)(C)c1ccc(N)cc1. The number of hydrogen-bond acceptors (Lipinski definition) is 11. The Bertz CT molecular complexity index is 3810. The number of anilines is 5. The van der Waals surface area contributed by atoms with Crippen molar-refractivity contribution in [3.63, 3.8) is 0 Å². The molecule has 8 aromatic rings. The Kier molecular flexibility index (Phi) is 24.7. The van der Waals surface area contributed by atoms with E-state index < -0.39 is 13.0 Å². The lowest BCUT2D eigenvalue weighted by molar-refractivity contribution is -0.386. The molecule has 0 bridgehead atoms. The average Bonchev–Trinajstić information content (AvgIpc) is 2.39. The van der Waals surface area contributed by atoms with Gasteiger partial charge in [-0.05, 0) is 153 Å². The molecule has 474 valence electrons. The van der Waals surface area contributed by atoms with Crippen molar-refractivity contribution < 1.29 is 14.8 Å². The molecule has 0 aliphatic rings. The average molecular weight is 1350 g/mol. The van der Waals surface area contributed by atoms with Crippen LogP contribution in [0.3, 0.4) is 0 Å². The molecule has 0 radical (unpaired) electrons. The molecule has 0 saturated carbocycles. The number of nitrogens with two attached hydrogens (primary N) is 5. The molecule has 88 heavy (non-hydrogen) atoms. The summed E-state index contributed by atoms with van der Waals surface area (Å²) in [4.78, 5) is 38.1. The van der Waals surface area contributed by atoms with Gasteiger partial charge in [0.15, 0.2) is 0 Å². The van der Waals surface area contributed by atoms with Gasteiger partial charge in [0.2, 0.25) is 0 Å². The lowest BCUT2D eigenvalue weighted by Crippen LogP contribution is -2.17. The van der Waals surface area contributed by atoms with Gasteiger partial charge in [-0.25, -0.2) is 0 Å². The van der Waals surface area contributed by atoms with E-state index in [2.05, 4.69) is 172 Å². The fourth-order valence-corrected chi connectivity index (χ4v) is 9.87. The van der Waals surface area contributed by atoms with Gasteiger partial charge in [0.1, 0.15) is 8.07 Å². The first-order chi connectivity index (χ1) is 39.9. The number of hydrogen-bond donors (Lipinski definition) is 7. The lowest BCUT2D eigenvalue weighted by Gasteiger charge is -2.21. The molecule has 0 saturated heterocycles. The second-order valence-corrected chi connectivity index (χ2v) is 35.4. The third kappa shape index (κ3) is 22.2. The van der Waals surface area contributed by atoms with Gasteiger partial charge >= 0.3 is 0 Å². The number of nitrogen functional groups attached to an aromatic ring is 5. The largest absolute Gasteiger partial charge is 0.399 e. The maximum Gasteiger partial charge on any atom is 0.275 e. The monoisotopic (exact) mass is 1340 g/mol. The first kappa shape index (κ1) is 74.6. The minimum atomic E-state index is -1.51. The Balaban J connectivity index is 0.000000279. The van der Waals surface area contributed by atoms with Crippen LogP contribution in [0.15, 0.2) is 124 Å². The van der Waals surface area contributed by atoms with E-state index >= 15 is 0 Å². The van der Waals surface area contributed by atoms with E-state index in [9.17, 15) is 30.3 Å².